The Morgan fingerprint density at radius 3 is 1.61 bits per heavy atom. The van der Waals surface area contributed by atoms with E-state index in [0.29, 0.717) is 0 Å². The maximum atomic E-state index is 2.50. The third-order valence-electron chi connectivity index (χ3n) is 11.0. The van der Waals surface area contributed by atoms with Gasteiger partial charge in [-0.05, 0) is 92.3 Å². The summed E-state index contributed by atoms with van der Waals surface area (Å²) in [6.45, 7) is 0. The molecule has 0 radical (unpaired) electrons. The van der Waals surface area contributed by atoms with Gasteiger partial charge in [-0.25, -0.2) is 0 Å². The Morgan fingerprint density at radius 1 is 0.278 bits per heavy atom. The molecular weight excluding hydrogens is 653 g/mol. The zero-order chi connectivity index (χ0) is 35.6. The standard InChI is InChI=1S/C52H34N2/c1-4-15-35(16-5-1)49-47-30-29-46-45-25-12-13-26-48(45)53(51(46)52(47)54(43-22-8-3-9-23-43)50(49)36-17-6-2-7-18-36)44-24-14-21-39(34-44)40-27-28-41-31-37-19-10-11-20-38(37)32-42(41)33-40/h1-34H. The van der Waals surface area contributed by atoms with Crippen LogP contribution in [-0.2, 0) is 0 Å². The Balaban J connectivity index is 1.24. The molecule has 0 aliphatic heterocycles. The molecule has 2 aromatic heterocycles. The summed E-state index contributed by atoms with van der Waals surface area (Å²) in [6, 6.07) is 75.3. The van der Waals surface area contributed by atoms with Crippen LogP contribution in [0, 0.1) is 0 Å². The molecule has 0 bridgehead atoms. The number of fused-ring (bicyclic) bond motifs is 7. The van der Waals surface area contributed by atoms with Gasteiger partial charge in [0, 0.05) is 33.1 Å². The molecule has 2 heterocycles. The second-order valence-electron chi connectivity index (χ2n) is 14.1. The van der Waals surface area contributed by atoms with Crippen LogP contribution in [0.2, 0.25) is 0 Å². The second-order valence-corrected chi connectivity index (χ2v) is 14.1. The molecule has 0 atom stereocenters. The number of aromatic nitrogens is 2. The van der Waals surface area contributed by atoms with Gasteiger partial charge in [0.15, 0.2) is 0 Å². The average Bonchev–Trinajstić information content (AvgIpc) is 3.77. The van der Waals surface area contributed by atoms with Crippen LogP contribution >= 0.6 is 0 Å². The Hall–Kier alpha value is -7.16. The summed E-state index contributed by atoms with van der Waals surface area (Å²) in [5.41, 5.74) is 13.0. The van der Waals surface area contributed by atoms with Crippen molar-refractivity contribution in [2.45, 2.75) is 0 Å². The molecule has 0 unspecified atom stereocenters. The summed E-state index contributed by atoms with van der Waals surface area (Å²) in [4.78, 5) is 0. The number of benzene rings is 9. The summed E-state index contributed by atoms with van der Waals surface area (Å²) in [5, 5.41) is 8.72. The van der Waals surface area contributed by atoms with Crippen molar-refractivity contribution in [2.24, 2.45) is 0 Å². The largest absolute Gasteiger partial charge is 0.307 e. The van der Waals surface area contributed by atoms with E-state index in [1.807, 2.05) is 0 Å². The van der Waals surface area contributed by atoms with Gasteiger partial charge in [0.25, 0.3) is 0 Å². The highest BCUT2D eigenvalue weighted by Gasteiger charge is 2.26. The molecule has 0 aliphatic carbocycles. The van der Waals surface area contributed by atoms with Crippen LogP contribution in [0.4, 0.5) is 0 Å². The molecule has 2 nitrogen and oxygen atoms in total. The number of hydrogen-bond donors (Lipinski definition) is 0. The Labute approximate surface area is 313 Å². The molecule has 11 aromatic rings. The maximum Gasteiger partial charge on any atom is 0.0789 e. The predicted octanol–water partition coefficient (Wildman–Crippen LogP) is 14.0. The van der Waals surface area contributed by atoms with Crippen molar-refractivity contribution in [3.05, 3.63) is 206 Å². The fraction of sp³-hybridized carbons (Fsp3) is 0. The van der Waals surface area contributed by atoms with E-state index in [1.165, 1.54) is 87.8 Å². The van der Waals surface area contributed by atoms with Crippen molar-refractivity contribution < 1.29 is 0 Å². The Kier molecular flexibility index (Phi) is 6.90. The first-order valence-electron chi connectivity index (χ1n) is 18.6. The first-order chi connectivity index (χ1) is 26.8. The molecule has 252 valence electrons. The summed E-state index contributed by atoms with van der Waals surface area (Å²) in [5.74, 6) is 0. The molecule has 0 saturated carbocycles. The minimum absolute atomic E-state index is 1.13. The van der Waals surface area contributed by atoms with E-state index in [1.54, 1.807) is 0 Å². The van der Waals surface area contributed by atoms with E-state index in [-0.39, 0.29) is 0 Å². The van der Waals surface area contributed by atoms with Gasteiger partial charge in [0.2, 0.25) is 0 Å². The van der Waals surface area contributed by atoms with Gasteiger partial charge in [-0.3, -0.25) is 0 Å². The Bertz CT molecular complexity index is 3190. The number of para-hydroxylation sites is 2. The van der Waals surface area contributed by atoms with E-state index in [2.05, 4.69) is 215 Å². The van der Waals surface area contributed by atoms with Gasteiger partial charge in [-0.2, -0.15) is 0 Å². The highest BCUT2D eigenvalue weighted by Crippen LogP contribution is 2.47. The summed E-state index contributed by atoms with van der Waals surface area (Å²) < 4.78 is 5.00. The van der Waals surface area contributed by atoms with Crippen molar-refractivity contribution in [2.75, 3.05) is 0 Å². The SMILES string of the molecule is c1ccc(-c2c(-c3ccccc3)n(-c3ccccc3)c3c2ccc2c4ccccc4n(-c4cccc(-c5ccc6cc7ccccc7cc6c5)c4)c23)cc1. The lowest BCUT2D eigenvalue weighted by Crippen LogP contribution is -2.00. The minimum atomic E-state index is 1.13. The van der Waals surface area contributed by atoms with Gasteiger partial charge in [-0.1, -0.05) is 158 Å². The molecule has 0 amide bonds. The molecule has 2 heteroatoms. The summed E-state index contributed by atoms with van der Waals surface area (Å²) in [7, 11) is 0. The molecule has 0 fully saturated rings. The molecule has 0 saturated heterocycles. The predicted molar refractivity (Wildman–Crippen MR) is 229 cm³/mol. The van der Waals surface area contributed by atoms with Crippen LogP contribution in [0.1, 0.15) is 0 Å². The van der Waals surface area contributed by atoms with Crippen molar-refractivity contribution >= 4 is 54.3 Å². The second kappa shape index (κ2) is 12.2. The Morgan fingerprint density at radius 2 is 0.833 bits per heavy atom. The zero-order valence-corrected chi connectivity index (χ0v) is 29.5. The quantitative estimate of drug-likeness (QED) is 0.160. The fourth-order valence-corrected chi connectivity index (χ4v) is 8.63. The molecule has 54 heavy (non-hydrogen) atoms. The van der Waals surface area contributed by atoms with Gasteiger partial charge >= 0.3 is 0 Å². The lowest BCUT2D eigenvalue weighted by atomic mass is 9.97. The highest BCUT2D eigenvalue weighted by atomic mass is 15.1. The van der Waals surface area contributed by atoms with Crippen LogP contribution in [0.15, 0.2) is 206 Å². The zero-order valence-electron chi connectivity index (χ0n) is 29.5. The maximum absolute atomic E-state index is 2.50. The summed E-state index contributed by atoms with van der Waals surface area (Å²) >= 11 is 0. The van der Waals surface area contributed by atoms with E-state index in [4.69, 9.17) is 0 Å². The molecule has 9 aromatic carbocycles. The topological polar surface area (TPSA) is 9.86 Å². The minimum Gasteiger partial charge on any atom is -0.307 e. The van der Waals surface area contributed by atoms with Crippen molar-refractivity contribution in [1.82, 2.24) is 9.13 Å². The molecular formula is C52H34N2. The molecule has 0 aliphatic rings. The summed E-state index contributed by atoms with van der Waals surface area (Å²) in [6.07, 6.45) is 0. The normalized spacial score (nSPS) is 11.7. The van der Waals surface area contributed by atoms with E-state index in [9.17, 15) is 0 Å². The van der Waals surface area contributed by atoms with Crippen LogP contribution < -0.4 is 0 Å². The van der Waals surface area contributed by atoms with Gasteiger partial charge in [0.05, 0.1) is 22.2 Å². The first-order valence-corrected chi connectivity index (χ1v) is 18.6. The van der Waals surface area contributed by atoms with Gasteiger partial charge in [0.1, 0.15) is 0 Å². The van der Waals surface area contributed by atoms with E-state index < -0.39 is 0 Å². The third-order valence-corrected chi connectivity index (χ3v) is 11.0. The number of rotatable bonds is 5. The van der Waals surface area contributed by atoms with E-state index >= 15 is 0 Å². The smallest absolute Gasteiger partial charge is 0.0789 e. The van der Waals surface area contributed by atoms with Crippen molar-refractivity contribution in [1.29, 1.82) is 0 Å². The monoisotopic (exact) mass is 686 g/mol. The van der Waals surface area contributed by atoms with Gasteiger partial charge in [-0.15, -0.1) is 0 Å². The molecule has 0 N–H and O–H groups in total. The molecule has 11 rings (SSSR count). The van der Waals surface area contributed by atoms with Crippen LogP contribution in [0.3, 0.4) is 0 Å². The fourth-order valence-electron chi connectivity index (χ4n) is 8.63. The average molecular weight is 687 g/mol. The lowest BCUT2D eigenvalue weighted by Gasteiger charge is -2.15. The van der Waals surface area contributed by atoms with Crippen molar-refractivity contribution in [3.63, 3.8) is 0 Å². The first kappa shape index (κ1) is 30.5. The third kappa shape index (κ3) is 4.74. The van der Waals surface area contributed by atoms with Crippen LogP contribution in [0.25, 0.3) is 99.1 Å². The van der Waals surface area contributed by atoms with Crippen molar-refractivity contribution in [3.8, 4) is 44.9 Å². The lowest BCUT2D eigenvalue weighted by molar-refractivity contribution is 1.12. The highest BCUT2D eigenvalue weighted by molar-refractivity contribution is 6.22. The number of nitrogens with zero attached hydrogens (tertiary/aromatic N) is 2. The van der Waals surface area contributed by atoms with E-state index in [0.717, 1.165) is 11.4 Å². The van der Waals surface area contributed by atoms with Crippen LogP contribution in [0.5, 0.6) is 0 Å². The van der Waals surface area contributed by atoms with Gasteiger partial charge < -0.3 is 9.13 Å². The molecule has 0 spiro atoms. The number of hydrogen-bond acceptors (Lipinski definition) is 0. The van der Waals surface area contributed by atoms with Crippen LogP contribution in [-0.4, -0.2) is 9.13 Å².